The molecule has 3 heterocycles. The van der Waals surface area contributed by atoms with Crippen molar-refractivity contribution in [1.82, 2.24) is 16.0 Å². The summed E-state index contributed by atoms with van der Waals surface area (Å²) < 4.78 is 50.9. The van der Waals surface area contributed by atoms with Gasteiger partial charge in [0.25, 0.3) is 11.8 Å². The SMILES string of the molecule is CCCCCCCC[C@H](CC(=O)c1cc(OCC(=O)CCCNC(=O)CCCCOC2O[C@@H](C)[C@H](O)C(O)[C@@H]2O)cc(-c2cc(OCC(=O)NCCCC(=O)CCCOC3O[C@@H](C)[C@H](O)C(O)[C@@H]3O)cc(OCC(=O)NCCCC(=O)CCCOC3O[C@@H](C)[C@H](O)C(O)[C@@H]3O)c2)c1)C(C)=O. The van der Waals surface area contributed by atoms with E-state index in [0.717, 1.165) is 38.5 Å². The monoisotopic (exact) mass is 1420 g/mol. The van der Waals surface area contributed by atoms with Crippen LogP contribution in [0.15, 0.2) is 36.4 Å². The maximum absolute atomic E-state index is 14.3. The molecule has 2 aromatic carbocycles. The molecule has 3 saturated heterocycles. The van der Waals surface area contributed by atoms with Crippen LogP contribution in [0.1, 0.15) is 180 Å². The summed E-state index contributed by atoms with van der Waals surface area (Å²) in [5.41, 5.74) is 0.891. The van der Waals surface area contributed by atoms with E-state index in [9.17, 15) is 84.3 Å². The summed E-state index contributed by atoms with van der Waals surface area (Å²) in [6, 6.07) is 9.24. The van der Waals surface area contributed by atoms with Gasteiger partial charge < -0.3 is 105 Å². The molecule has 5 rings (SSSR count). The topological polar surface area (TPSA) is 438 Å². The van der Waals surface area contributed by atoms with Crippen molar-refractivity contribution >= 4 is 46.6 Å². The summed E-state index contributed by atoms with van der Waals surface area (Å²) in [4.78, 5) is 105. The summed E-state index contributed by atoms with van der Waals surface area (Å²) >= 11 is 0. The first-order valence-electron chi connectivity index (χ1n) is 35.3. The number of aliphatic hydroxyl groups is 9. The maximum Gasteiger partial charge on any atom is 0.257 e. The lowest BCUT2D eigenvalue weighted by molar-refractivity contribution is -0.293. The molecule has 0 spiro atoms. The largest absolute Gasteiger partial charge is 0.486 e. The Morgan fingerprint density at radius 1 is 0.410 bits per heavy atom. The minimum absolute atomic E-state index is 0.0279. The molecular formula is C71H109N3O26. The Morgan fingerprint density at radius 2 is 0.800 bits per heavy atom. The first-order valence-corrected chi connectivity index (χ1v) is 35.3. The summed E-state index contributed by atoms with van der Waals surface area (Å²) in [6.07, 6.45) is -8.93. The Balaban J connectivity index is 1.22. The summed E-state index contributed by atoms with van der Waals surface area (Å²) in [6.45, 7) is 7.40. The van der Waals surface area contributed by atoms with Gasteiger partial charge in [-0.3, -0.25) is 38.4 Å². The van der Waals surface area contributed by atoms with Gasteiger partial charge in [0, 0.05) is 88.7 Å². The van der Waals surface area contributed by atoms with Gasteiger partial charge >= 0.3 is 0 Å². The van der Waals surface area contributed by atoms with Crippen LogP contribution in [0.3, 0.4) is 0 Å². The van der Waals surface area contributed by atoms with E-state index in [0.29, 0.717) is 43.2 Å². The Hall–Kier alpha value is -6.00. The van der Waals surface area contributed by atoms with Crippen LogP contribution < -0.4 is 30.2 Å². The van der Waals surface area contributed by atoms with Crippen LogP contribution in [-0.2, 0) is 62.0 Å². The van der Waals surface area contributed by atoms with Crippen LogP contribution in [0.2, 0.25) is 0 Å². The van der Waals surface area contributed by atoms with Crippen LogP contribution >= 0.6 is 0 Å². The Bertz CT molecular complexity index is 2770. The maximum atomic E-state index is 14.3. The van der Waals surface area contributed by atoms with E-state index >= 15 is 0 Å². The first kappa shape index (κ1) is 84.7. The molecule has 0 aliphatic carbocycles. The van der Waals surface area contributed by atoms with Gasteiger partial charge in [-0.2, -0.15) is 0 Å². The van der Waals surface area contributed by atoms with Crippen LogP contribution in [0, 0.1) is 5.92 Å². The predicted molar refractivity (Wildman–Crippen MR) is 358 cm³/mol. The number of rotatable bonds is 49. The molecule has 0 saturated carbocycles. The van der Waals surface area contributed by atoms with Gasteiger partial charge in [-0.1, -0.05) is 45.4 Å². The van der Waals surface area contributed by atoms with Gasteiger partial charge in [-0.15, -0.1) is 0 Å². The second kappa shape index (κ2) is 45.2. The summed E-state index contributed by atoms with van der Waals surface area (Å²) in [7, 11) is 0. The molecule has 564 valence electrons. The second-order valence-electron chi connectivity index (χ2n) is 26.1. The van der Waals surface area contributed by atoms with Crippen molar-refractivity contribution in [3.8, 4) is 28.4 Å². The molecule has 0 bridgehead atoms. The molecule has 3 amide bonds. The Kier molecular flexibility index (Phi) is 38.2. The van der Waals surface area contributed by atoms with Crippen molar-refractivity contribution in [3.05, 3.63) is 42.0 Å². The van der Waals surface area contributed by atoms with Crippen molar-refractivity contribution in [1.29, 1.82) is 0 Å². The fraction of sp³-hybridized carbons (Fsp3) is 0.718. The van der Waals surface area contributed by atoms with Gasteiger partial charge in [0.1, 0.15) is 96.1 Å². The molecule has 16 atom stereocenters. The number of ether oxygens (including phenoxy) is 9. The highest BCUT2D eigenvalue weighted by atomic mass is 16.7. The number of unbranched alkanes of at least 4 members (excludes halogenated alkanes) is 6. The van der Waals surface area contributed by atoms with E-state index in [1.54, 1.807) is 31.2 Å². The zero-order valence-corrected chi connectivity index (χ0v) is 58.4. The normalized spacial score (nSPS) is 25.5. The lowest BCUT2D eigenvalue weighted by atomic mass is 9.89. The fourth-order valence-electron chi connectivity index (χ4n) is 11.4. The highest BCUT2D eigenvalue weighted by molar-refractivity contribution is 6.00. The number of ketones is 5. The van der Waals surface area contributed by atoms with Gasteiger partial charge in [-0.25, -0.2) is 0 Å². The number of hydrogen-bond donors (Lipinski definition) is 12. The van der Waals surface area contributed by atoms with Crippen molar-refractivity contribution in [3.63, 3.8) is 0 Å². The number of aliphatic hydroxyl groups excluding tert-OH is 9. The zero-order valence-electron chi connectivity index (χ0n) is 58.4. The lowest BCUT2D eigenvalue weighted by Crippen LogP contribution is -2.57. The third kappa shape index (κ3) is 29.8. The van der Waals surface area contributed by atoms with E-state index in [1.165, 1.54) is 32.9 Å². The zero-order chi connectivity index (χ0) is 73.3. The number of Topliss-reactive ketones (excluding diaryl/α,β-unsaturated/α-hetero) is 5. The molecule has 3 fully saturated rings. The van der Waals surface area contributed by atoms with Crippen LogP contribution in [0.4, 0.5) is 0 Å². The van der Waals surface area contributed by atoms with Crippen molar-refractivity contribution in [2.24, 2.45) is 5.92 Å². The fourth-order valence-corrected chi connectivity index (χ4v) is 11.4. The molecule has 6 unspecified atom stereocenters. The van der Waals surface area contributed by atoms with E-state index in [-0.39, 0.29) is 161 Å². The lowest BCUT2D eigenvalue weighted by Gasteiger charge is -2.38. The van der Waals surface area contributed by atoms with Crippen molar-refractivity contribution in [2.75, 3.05) is 59.3 Å². The minimum atomic E-state index is -1.47. The van der Waals surface area contributed by atoms with E-state index in [4.69, 9.17) is 42.6 Å². The van der Waals surface area contributed by atoms with E-state index in [1.807, 2.05) is 0 Å². The molecule has 3 aliphatic heterocycles. The molecule has 29 heteroatoms. The quantitative estimate of drug-likeness (QED) is 0.0335. The predicted octanol–water partition coefficient (Wildman–Crippen LogP) is 2.68. The van der Waals surface area contributed by atoms with Crippen LogP contribution in [0.25, 0.3) is 11.1 Å². The third-order valence-corrected chi connectivity index (χ3v) is 17.6. The molecular weight excluding hydrogens is 1310 g/mol. The number of carbonyl (C=O) groups excluding carboxylic acids is 8. The average molecular weight is 1420 g/mol. The van der Waals surface area contributed by atoms with Crippen LogP contribution in [0.5, 0.6) is 17.2 Å². The Morgan fingerprint density at radius 3 is 1.26 bits per heavy atom. The standard InChI is InChI=1S/C71H109N3O26/c1-6-7-8-9-10-11-19-46(42(2)75)37-56(79)49-32-47(33-53(36-49)95-39-52(78)22-16-26-72-57(80)25-12-13-29-92-69-66(89)63(86)60(83)43(3)98-69)48-34-54(96-40-58(81)73-27-14-20-50(76)23-17-30-93-70-67(90)64(87)61(84)44(4)99-70)38-55(35-48)97-41-59(82)74-28-15-21-51(77)24-18-31-94-71-68(91)65(88)62(85)45(5)100-71/h32-36,38,43-46,60-71,83-91H,6-31,37,39-41H2,1-5H3,(H,72,80)(H,73,81)(H,74,82)/t43-,44-,45-,46+,60-,61-,62-,63?,64?,65?,66-,67-,68-,69?,70?,71?/m0/s1. The highest BCUT2D eigenvalue weighted by Gasteiger charge is 2.44. The van der Waals surface area contributed by atoms with Gasteiger partial charge in [-0.05, 0) is 121 Å². The average Bonchev–Trinajstić information content (AvgIpc) is 0.828. The molecule has 3 aliphatic rings. The highest BCUT2D eigenvalue weighted by Crippen LogP contribution is 2.35. The summed E-state index contributed by atoms with van der Waals surface area (Å²) in [5.74, 6) is -2.61. The van der Waals surface area contributed by atoms with Gasteiger partial charge in [0.2, 0.25) is 5.91 Å². The molecule has 0 radical (unpaired) electrons. The second-order valence-corrected chi connectivity index (χ2v) is 26.1. The molecule has 29 nitrogen and oxygen atoms in total. The van der Waals surface area contributed by atoms with E-state index < -0.39 is 130 Å². The van der Waals surface area contributed by atoms with Gasteiger partial charge in [0.05, 0.1) is 31.5 Å². The number of benzene rings is 2. The minimum Gasteiger partial charge on any atom is -0.486 e. The molecule has 2 aromatic rings. The van der Waals surface area contributed by atoms with Crippen molar-refractivity contribution < 1.29 is 127 Å². The summed E-state index contributed by atoms with van der Waals surface area (Å²) in [5, 5.41) is 98.7. The molecule has 0 aromatic heterocycles. The van der Waals surface area contributed by atoms with Crippen molar-refractivity contribution in [2.45, 2.75) is 262 Å². The molecule has 12 N–H and O–H groups in total. The third-order valence-electron chi connectivity index (χ3n) is 17.6. The smallest absolute Gasteiger partial charge is 0.257 e. The number of amides is 3. The molecule has 100 heavy (non-hydrogen) atoms. The van der Waals surface area contributed by atoms with Crippen LogP contribution in [-0.4, -0.2) is 244 Å². The number of carbonyl (C=O) groups is 8. The van der Waals surface area contributed by atoms with Gasteiger partial charge in [0.15, 0.2) is 43.7 Å². The number of hydrogen-bond acceptors (Lipinski definition) is 26. The van der Waals surface area contributed by atoms with E-state index in [2.05, 4.69) is 22.9 Å². The number of nitrogens with one attached hydrogen (secondary N) is 3. The first-order chi connectivity index (χ1) is 47.8. The Labute approximate surface area is 584 Å².